The summed E-state index contributed by atoms with van der Waals surface area (Å²) in [5.74, 6) is 1.20. The zero-order valence-corrected chi connectivity index (χ0v) is 8.02. The molecule has 0 N–H and O–H groups in total. The molecule has 1 heteroatoms. The van der Waals surface area contributed by atoms with Gasteiger partial charge in [-0.1, -0.05) is 6.07 Å². The van der Waals surface area contributed by atoms with Crippen LogP contribution in [0, 0.1) is 6.92 Å². The zero-order chi connectivity index (χ0) is 8.84. The lowest BCUT2D eigenvalue weighted by Crippen LogP contribution is -1.92. The van der Waals surface area contributed by atoms with Gasteiger partial charge in [-0.15, -0.1) is 0 Å². The van der Waals surface area contributed by atoms with Crippen LogP contribution in [0.2, 0.25) is 0 Å². The summed E-state index contributed by atoms with van der Waals surface area (Å²) in [5, 5.41) is 0. The van der Waals surface area contributed by atoms with Crippen molar-refractivity contribution >= 4 is 0 Å². The maximum Gasteiger partial charge on any atom is 0.125 e. The second-order valence-corrected chi connectivity index (χ2v) is 4.08. The molecule has 3 rings (SSSR count). The van der Waals surface area contributed by atoms with E-state index < -0.39 is 0 Å². The van der Waals surface area contributed by atoms with Gasteiger partial charge in [0.15, 0.2) is 0 Å². The molecule has 1 aliphatic heterocycles. The summed E-state index contributed by atoms with van der Waals surface area (Å²) in [4.78, 5) is 0. The van der Waals surface area contributed by atoms with Gasteiger partial charge in [0, 0.05) is 6.42 Å². The third-order valence-corrected chi connectivity index (χ3v) is 3.31. The van der Waals surface area contributed by atoms with E-state index in [1.807, 2.05) is 0 Å². The minimum atomic E-state index is 0.888. The molecule has 0 unspecified atom stereocenters. The van der Waals surface area contributed by atoms with E-state index in [0.29, 0.717) is 0 Å². The molecule has 0 saturated carbocycles. The smallest absolute Gasteiger partial charge is 0.125 e. The number of aryl methyl sites for hydroxylation is 1. The minimum Gasteiger partial charge on any atom is -0.493 e. The maximum absolute atomic E-state index is 5.65. The lowest BCUT2D eigenvalue weighted by molar-refractivity contribution is 0.354. The second kappa shape index (κ2) is 2.50. The average Bonchev–Trinajstić information content (AvgIpc) is 2.71. The molecule has 0 amide bonds. The minimum absolute atomic E-state index is 0.888. The van der Waals surface area contributed by atoms with Crippen LogP contribution in [0.25, 0.3) is 0 Å². The quantitative estimate of drug-likeness (QED) is 0.587. The van der Waals surface area contributed by atoms with E-state index in [9.17, 15) is 0 Å². The highest BCUT2D eigenvalue weighted by Crippen LogP contribution is 2.37. The predicted molar refractivity (Wildman–Crippen MR) is 52.4 cm³/mol. The van der Waals surface area contributed by atoms with Gasteiger partial charge in [-0.2, -0.15) is 0 Å². The van der Waals surface area contributed by atoms with Crippen LogP contribution in [-0.4, -0.2) is 6.61 Å². The molecule has 13 heavy (non-hydrogen) atoms. The molecule has 1 heterocycles. The molecule has 0 radical (unpaired) electrons. The van der Waals surface area contributed by atoms with Crippen LogP contribution in [0.4, 0.5) is 0 Å². The molecule has 0 fully saturated rings. The Kier molecular flexibility index (Phi) is 1.43. The molecule has 0 atom stereocenters. The maximum atomic E-state index is 5.65. The van der Waals surface area contributed by atoms with Crippen LogP contribution in [0.1, 0.15) is 28.7 Å². The van der Waals surface area contributed by atoms with Gasteiger partial charge in [-0.3, -0.25) is 0 Å². The van der Waals surface area contributed by atoms with Gasteiger partial charge >= 0.3 is 0 Å². The molecular formula is C12H14O. The van der Waals surface area contributed by atoms with Gasteiger partial charge in [0.25, 0.3) is 0 Å². The Labute approximate surface area is 78.7 Å². The van der Waals surface area contributed by atoms with Crippen molar-refractivity contribution in [3.8, 4) is 5.75 Å². The van der Waals surface area contributed by atoms with E-state index in [2.05, 4.69) is 13.0 Å². The van der Waals surface area contributed by atoms with Gasteiger partial charge < -0.3 is 4.74 Å². The highest BCUT2D eigenvalue weighted by Gasteiger charge is 2.22. The first-order valence-electron chi connectivity index (χ1n) is 5.13. The first-order chi connectivity index (χ1) is 6.36. The van der Waals surface area contributed by atoms with Gasteiger partial charge in [-0.25, -0.2) is 0 Å². The topological polar surface area (TPSA) is 9.23 Å². The summed E-state index contributed by atoms with van der Waals surface area (Å²) in [5.41, 5.74) is 6.02. The first-order valence-corrected chi connectivity index (χ1v) is 5.13. The van der Waals surface area contributed by atoms with Crippen molar-refractivity contribution in [2.45, 2.75) is 32.6 Å². The predicted octanol–water partition coefficient (Wildman–Crippen LogP) is 2.42. The summed E-state index contributed by atoms with van der Waals surface area (Å²) in [6.07, 6.45) is 4.99. The number of benzene rings is 1. The van der Waals surface area contributed by atoms with Crippen LogP contribution in [-0.2, 0) is 19.3 Å². The summed E-state index contributed by atoms with van der Waals surface area (Å²) >= 11 is 0. The van der Waals surface area contributed by atoms with Crippen molar-refractivity contribution in [3.05, 3.63) is 28.3 Å². The summed E-state index contributed by atoms with van der Waals surface area (Å²) in [6.45, 7) is 3.10. The number of hydrogen-bond acceptors (Lipinski definition) is 1. The second-order valence-electron chi connectivity index (χ2n) is 4.08. The van der Waals surface area contributed by atoms with Crippen molar-refractivity contribution in [1.29, 1.82) is 0 Å². The van der Waals surface area contributed by atoms with Crippen LogP contribution in [0.5, 0.6) is 5.75 Å². The fourth-order valence-corrected chi connectivity index (χ4v) is 2.66. The van der Waals surface area contributed by atoms with Gasteiger partial charge in [0.05, 0.1) is 6.61 Å². The van der Waals surface area contributed by atoms with E-state index in [0.717, 1.165) is 13.0 Å². The van der Waals surface area contributed by atoms with Crippen molar-refractivity contribution in [1.82, 2.24) is 0 Å². The molecular weight excluding hydrogens is 160 g/mol. The molecule has 1 nitrogen and oxygen atoms in total. The largest absolute Gasteiger partial charge is 0.493 e. The molecule has 68 valence electrons. The van der Waals surface area contributed by atoms with E-state index in [1.165, 1.54) is 36.1 Å². The molecule has 0 bridgehead atoms. The monoisotopic (exact) mass is 174 g/mol. The van der Waals surface area contributed by atoms with E-state index in [1.54, 1.807) is 11.1 Å². The lowest BCUT2D eigenvalue weighted by atomic mass is 9.99. The summed E-state index contributed by atoms with van der Waals surface area (Å²) in [7, 11) is 0. The van der Waals surface area contributed by atoms with E-state index >= 15 is 0 Å². The SMILES string of the molecule is Cc1c2c(cc3c1OCC3)CCC2. The van der Waals surface area contributed by atoms with E-state index in [4.69, 9.17) is 4.74 Å². The molecule has 1 aliphatic carbocycles. The summed E-state index contributed by atoms with van der Waals surface area (Å²) < 4.78 is 5.65. The van der Waals surface area contributed by atoms with Crippen LogP contribution >= 0.6 is 0 Å². The van der Waals surface area contributed by atoms with Crippen molar-refractivity contribution in [3.63, 3.8) is 0 Å². The Morgan fingerprint density at radius 3 is 3.00 bits per heavy atom. The molecule has 0 spiro atoms. The lowest BCUT2D eigenvalue weighted by Gasteiger charge is -2.09. The Bertz CT molecular complexity index is 334. The highest BCUT2D eigenvalue weighted by atomic mass is 16.5. The van der Waals surface area contributed by atoms with Gasteiger partial charge in [-0.05, 0) is 48.4 Å². The standard InChI is InChI=1S/C12H14O/c1-8-11-4-2-3-9(11)7-10-5-6-13-12(8)10/h7H,2-6H2,1H3. The van der Waals surface area contributed by atoms with Gasteiger partial charge in [0.2, 0.25) is 0 Å². The Morgan fingerprint density at radius 1 is 1.15 bits per heavy atom. The third-order valence-electron chi connectivity index (χ3n) is 3.31. The van der Waals surface area contributed by atoms with Crippen molar-refractivity contribution in [2.24, 2.45) is 0 Å². The molecule has 1 aromatic rings. The zero-order valence-electron chi connectivity index (χ0n) is 8.02. The average molecular weight is 174 g/mol. The molecule has 2 aliphatic rings. The molecule has 0 saturated heterocycles. The number of rotatable bonds is 0. The van der Waals surface area contributed by atoms with Gasteiger partial charge in [0.1, 0.15) is 5.75 Å². The fourth-order valence-electron chi connectivity index (χ4n) is 2.66. The van der Waals surface area contributed by atoms with E-state index in [-0.39, 0.29) is 0 Å². The normalized spacial score (nSPS) is 18.2. The fraction of sp³-hybridized carbons (Fsp3) is 0.500. The molecule has 0 aromatic heterocycles. The number of ether oxygens (including phenoxy) is 1. The van der Waals surface area contributed by atoms with Crippen molar-refractivity contribution < 1.29 is 4.74 Å². The van der Waals surface area contributed by atoms with Crippen LogP contribution < -0.4 is 4.74 Å². The number of fused-ring (bicyclic) bond motifs is 2. The third kappa shape index (κ3) is 0.932. The Balaban J connectivity index is 2.26. The number of hydrogen-bond donors (Lipinski definition) is 0. The van der Waals surface area contributed by atoms with Crippen LogP contribution in [0.3, 0.4) is 0 Å². The first kappa shape index (κ1) is 7.43. The van der Waals surface area contributed by atoms with Crippen LogP contribution in [0.15, 0.2) is 6.07 Å². The molecule has 1 aromatic carbocycles. The van der Waals surface area contributed by atoms with Crippen molar-refractivity contribution in [2.75, 3.05) is 6.61 Å². The summed E-state index contributed by atoms with van der Waals surface area (Å²) in [6, 6.07) is 2.37. The highest BCUT2D eigenvalue weighted by molar-refractivity contribution is 5.53. The Morgan fingerprint density at radius 2 is 2.08 bits per heavy atom. The Hall–Kier alpha value is -0.980.